The summed E-state index contributed by atoms with van der Waals surface area (Å²) in [5.74, 6) is 0. The molecule has 0 atom stereocenters. The average molecular weight is 269 g/mol. The standard InChI is InChI=1S/C14H27N3S/c1-17(2)14(9-5-6-10-14)11-15-13(18)16-12-7-3-4-8-12/h12H,3-11H2,1-2H3,(H2,15,16,18). The molecule has 0 aromatic carbocycles. The molecule has 3 nitrogen and oxygen atoms in total. The van der Waals surface area contributed by atoms with Gasteiger partial charge in [-0.25, -0.2) is 0 Å². The average Bonchev–Trinajstić information content (AvgIpc) is 2.97. The number of likely N-dealkylation sites (N-methyl/N-ethyl adjacent to an activating group) is 1. The highest BCUT2D eigenvalue weighted by Gasteiger charge is 2.35. The normalized spacial score (nSPS) is 23.5. The Morgan fingerprint density at radius 2 is 1.78 bits per heavy atom. The molecule has 104 valence electrons. The van der Waals surface area contributed by atoms with Crippen molar-refractivity contribution in [3.63, 3.8) is 0 Å². The zero-order valence-corrected chi connectivity index (χ0v) is 12.6. The van der Waals surface area contributed by atoms with E-state index in [1.807, 2.05) is 0 Å². The maximum Gasteiger partial charge on any atom is 0.166 e. The first-order valence-electron chi connectivity index (χ1n) is 7.34. The lowest BCUT2D eigenvalue weighted by molar-refractivity contribution is 0.160. The van der Waals surface area contributed by atoms with Gasteiger partial charge in [0.15, 0.2) is 5.11 Å². The largest absolute Gasteiger partial charge is 0.361 e. The zero-order valence-electron chi connectivity index (χ0n) is 11.8. The van der Waals surface area contributed by atoms with E-state index in [9.17, 15) is 0 Å². The predicted molar refractivity (Wildman–Crippen MR) is 80.9 cm³/mol. The third kappa shape index (κ3) is 3.35. The van der Waals surface area contributed by atoms with E-state index in [4.69, 9.17) is 12.2 Å². The Balaban J connectivity index is 1.76. The molecule has 2 saturated carbocycles. The fourth-order valence-corrected chi connectivity index (χ4v) is 3.61. The van der Waals surface area contributed by atoms with E-state index < -0.39 is 0 Å². The maximum atomic E-state index is 5.42. The van der Waals surface area contributed by atoms with Gasteiger partial charge >= 0.3 is 0 Å². The van der Waals surface area contributed by atoms with E-state index in [1.165, 1.54) is 51.4 Å². The van der Waals surface area contributed by atoms with Crippen LogP contribution in [0.1, 0.15) is 51.4 Å². The van der Waals surface area contributed by atoms with Gasteiger partial charge in [0.05, 0.1) is 0 Å². The minimum absolute atomic E-state index is 0.321. The van der Waals surface area contributed by atoms with Gasteiger partial charge in [-0.15, -0.1) is 0 Å². The molecule has 0 amide bonds. The van der Waals surface area contributed by atoms with E-state index in [2.05, 4.69) is 29.6 Å². The van der Waals surface area contributed by atoms with Gasteiger partial charge in [0.1, 0.15) is 0 Å². The van der Waals surface area contributed by atoms with Crippen LogP contribution in [0, 0.1) is 0 Å². The Labute approximate surface area is 117 Å². The molecule has 0 heterocycles. The highest BCUT2D eigenvalue weighted by molar-refractivity contribution is 7.80. The van der Waals surface area contributed by atoms with Crippen LogP contribution in [0.5, 0.6) is 0 Å². The molecule has 0 aromatic heterocycles. The topological polar surface area (TPSA) is 27.3 Å². The van der Waals surface area contributed by atoms with Gasteiger partial charge in [-0.1, -0.05) is 25.7 Å². The summed E-state index contributed by atoms with van der Waals surface area (Å²) in [7, 11) is 4.39. The van der Waals surface area contributed by atoms with Gasteiger partial charge in [-0.3, -0.25) is 0 Å². The molecule has 0 saturated heterocycles. The molecule has 2 rings (SSSR count). The van der Waals surface area contributed by atoms with Crippen molar-refractivity contribution >= 4 is 17.3 Å². The Morgan fingerprint density at radius 1 is 1.17 bits per heavy atom. The molecule has 18 heavy (non-hydrogen) atoms. The molecule has 2 N–H and O–H groups in total. The number of rotatable bonds is 4. The monoisotopic (exact) mass is 269 g/mol. The summed E-state index contributed by atoms with van der Waals surface area (Å²) >= 11 is 5.42. The molecule has 4 heteroatoms. The molecule has 0 spiro atoms. The van der Waals surface area contributed by atoms with Crippen molar-refractivity contribution in [1.29, 1.82) is 0 Å². The lowest BCUT2D eigenvalue weighted by Gasteiger charge is -2.37. The van der Waals surface area contributed by atoms with Crippen LogP contribution in [-0.4, -0.2) is 42.2 Å². The van der Waals surface area contributed by atoms with Crippen molar-refractivity contribution in [2.75, 3.05) is 20.6 Å². The molecule has 2 fully saturated rings. The Kier molecular flexibility index (Phi) is 4.84. The summed E-state index contributed by atoms with van der Waals surface area (Å²) in [5.41, 5.74) is 0.321. The fraction of sp³-hybridized carbons (Fsp3) is 0.929. The summed E-state index contributed by atoms with van der Waals surface area (Å²) in [4.78, 5) is 2.38. The number of hydrogen-bond donors (Lipinski definition) is 2. The molecule has 0 unspecified atom stereocenters. The molecule has 0 aromatic rings. The third-order valence-corrected chi connectivity index (χ3v) is 5.01. The van der Waals surface area contributed by atoms with E-state index >= 15 is 0 Å². The van der Waals surface area contributed by atoms with Gasteiger partial charge in [-0.2, -0.15) is 0 Å². The van der Waals surface area contributed by atoms with Crippen molar-refractivity contribution in [3.8, 4) is 0 Å². The smallest absolute Gasteiger partial charge is 0.166 e. The predicted octanol–water partition coefficient (Wildman–Crippen LogP) is 2.27. The molecule has 0 aliphatic heterocycles. The second-order valence-electron chi connectivity index (χ2n) is 6.13. The van der Waals surface area contributed by atoms with Crippen LogP contribution >= 0.6 is 12.2 Å². The minimum atomic E-state index is 0.321. The first-order chi connectivity index (χ1) is 8.62. The third-order valence-electron chi connectivity index (χ3n) is 4.75. The van der Waals surface area contributed by atoms with Crippen LogP contribution in [0.4, 0.5) is 0 Å². The Morgan fingerprint density at radius 3 is 2.33 bits per heavy atom. The van der Waals surface area contributed by atoms with Crippen LogP contribution in [0.3, 0.4) is 0 Å². The SMILES string of the molecule is CN(C)C1(CNC(=S)NC2CCCC2)CCCC1. The van der Waals surface area contributed by atoms with Crippen molar-refractivity contribution in [2.24, 2.45) is 0 Å². The van der Waals surface area contributed by atoms with Crippen LogP contribution < -0.4 is 10.6 Å². The first-order valence-corrected chi connectivity index (χ1v) is 7.75. The highest BCUT2D eigenvalue weighted by atomic mass is 32.1. The lowest BCUT2D eigenvalue weighted by Crippen LogP contribution is -2.53. The molecule has 0 bridgehead atoms. The summed E-state index contributed by atoms with van der Waals surface area (Å²) in [6, 6.07) is 0.615. The van der Waals surface area contributed by atoms with E-state index in [-0.39, 0.29) is 0 Å². The van der Waals surface area contributed by atoms with Crippen LogP contribution in [0.25, 0.3) is 0 Å². The molecule has 2 aliphatic rings. The van der Waals surface area contributed by atoms with Crippen molar-refractivity contribution < 1.29 is 0 Å². The number of hydrogen-bond acceptors (Lipinski definition) is 2. The number of nitrogens with one attached hydrogen (secondary N) is 2. The highest BCUT2D eigenvalue weighted by Crippen LogP contribution is 2.33. The van der Waals surface area contributed by atoms with Crippen LogP contribution in [0.15, 0.2) is 0 Å². The summed E-state index contributed by atoms with van der Waals surface area (Å²) in [6.07, 6.45) is 10.5. The Hall–Kier alpha value is -0.350. The van der Waals surface area contributed by atoms with Gasteiger partial charge in [0, 0.05) is 18.1 Å². The summed E-state index contributed by atoms with van der Waals surface area (Å²) < 4.78 is 0. The second kappa shape index (κ2) is 6.20. The van der Waals surface area contributed by atoms with Crippen molar-refractivity contribution in [2.45, 2.75) is 62.9 Å². The number of nitrogens with zero attached hydrogens (tertiary/aromatic N) is 1. The van der Waals surface area contributed by atoms with E-state index in [1.54, 1.807) is 0 Å². The summed E-state index contributed by atoms with van der Waals surface area (Å²) in [6.45, 7) is 0.985. The zero-order chi connectivity index (χ0) is 13.0. The lowest BCUT2D eigenvalue weighted by atomic mass is 9.96. The van der Waals surface area contributed by atoms with E-state index in [0.717, 1.165) is 11.7 Å². The van der Waals surface area contributed by atoms with Gasteiger partial charge in [0.25, 0.3) is 0 Å². The van der Waals surface area contributed by atoms with Gasteiger partial charge in [0.2, 0.25) is 0 Å². The molecule has 2 aliphatic carbocycles. The van der Waals surface area contributed by atoms with Crippen LogP contribution in [-0.2, 0) is 0 Å². The van der Waals surface area contributed by atoms with Crippen molar-refractivity contribution in [1.82, 2.24) is 15.5 Å². The first kappa shape index (κ1) is 14.1. The Bertz CT molecular complexity index is 279. The van der Waals surface area contributed by atoms with Crippen molar-refractivity contribution in [3.05, 3.63) is 0 Å². The molecule has 0 radical (unpaired) electrons. The van der Waals surface area contributed by atoms with E-state index in [0.29, 0.717) is 11.6 Å². The minimum Gasteiger partial charge on any atom is -0.361 e. The second-order valence-corrected chi connectivity index (χ2v) is 6.54. The molecular formula is C14H27N3S. The maximum absolute atomic E-state index is 5.42. The quantitative estimate of drug-likeness (QED) is 0.766. The van der Waals surface area contributed by atoms with Gasteiger partial charge < -0.3 is 15.5 Å². The molecular weight excluding hydrogens is 242 g/mol. The van der Waals surface area contributed by atoms with Crippen LogP contribution in [0.2, 0.25) is 0 Å². The fourth-order valence-electron chi connectivity index (χ4n) is 3.37. The summed E-state index contributed by atoms with van der Waals surface area (Å²) in [5, 5.41) is 7.77. The van der Waals surface area contributed by atoms with Gasteiger partial charge in [-0.05, 0) is 52.0 Å². The number of thiocarbonyl (C=S) groups is 1.